The van der Waals surface area contributed by atoms with Gasteiger partial charge >= 0.3 is 12.1 Å². The number of carbonyl (C=O) groups excluding carboxylic acids is 6. The second kappa shape index (κ2) is 8.14. The molecule has 0 unspecified atom stereocenters. The van der Waals surface area contributed by atoms with Crippen molar-refractivity contribution in [2.45, 2.75) is 25.3 Å². The van der Waals surface area contributed by atoms with Gasteiger partial charge in [0.05, 0.1) is 6.04 Å². The average Bonchev–Trinajstić information content (AvgIpc) is 3.36. The largest absolute Gasteiger partial charge is 0.367 e. The van der Waals surface area contributed by atoms with E-state index in [0.29, 0.717) is 24.1 Å². The lowest BCUT2D eigenvalue weighted by Gasteiger charge is -2.50. The summed E-state index contributed by atoms with van der Waals surface area (Å²) < 4.78 is 0. The minimum absolute atomic E-state index is 0.0533. The molecule has 8 amide bonds. The maximum atomic E-state index is 13.5. The van der Waals surface area contributed by atoms with Crippen LogP contribution >= 0.6 is 0 Å². The average molecular weight is 492 g/mol. The first-order valence-electron chi connectivity index (χ1n) is 11.6. The van der Waals surface area contributed by atoms with Crippen LogP contribution < -0.4 is 10.2 Å². The third-order valence-electron chi connectivity index (χ3n) is 7.46. The molecule has 3 fully saturated rings. The smallest absolute Gasteiger partial charge is 0.332 e. The number of carbonyl (C=O) groups is 6. The standard InChI is InChI=1S/C25H25N5O6/c1-4-9-30-20(32)16(19(31)26-23(30)35)12-14-7-8-17-15(11-14)13-25(18-6-5-10-29(17)18)21(33)27(2)24(36)28(3)22(25)34/h4,7-8,11-12,18H,1,5-6,9-10,13H2,2-3H3,(H,26,31,35)/b16-12+/t18-/m0/s1. The zero-order valence-corrected chi connectivity index (χ0v) is 19.9. The third kappa shape index (κ3) is 3.11. The van der Waals surface area contributed by atoms with Gasteiger partial charge in [0.1, 0.15) is 5.57 Å². The number of benzene rings is 1. The maximum absolute atomic E-state index is 13.5. The molecule has 3 saturated heterocycles. The lowest BCUT2D eigenvalue weighted by atomic mass is 9.68. The number of hydrogen-bond donors (Lipinski definition) is 1. The number of barbiturate groups is 2. The monoisotopic (exact) mass is 491 g/mol. The lowest BCUT2D eigenvalue weighted by molar-refractivity contribution is -0.159. The molecule has 0 radical (unpaired) electrons. The van der Waals surface area contributed by atoms with Crippen molar-refractivity contribution in [1.82, 2.24) is 20.0 Å². The van der Waals surface area contributed by atoms with Gasteiger partial charge in [0, 0.05) is 32.9 Å². The highest BCUT2D eigenvalue weighted by molar-refractivity contribution is 6.31. The van der Waals surface area contributed by atoms with Crippen LogP contribution in [0.1, 0.15) is 24.0 Å². The minimum Gasteiger partial charge on any atom is -0.367 e. The predicted octanol–water partition coefficient (Wildman–Crippen LogP) is 0.896. The highest BCUT2D eigenvalue weighted by Gasteiger charge is 2.63. The normalized spacial score (nSPS) is 24.5. The molecule has 1 N–H and O–H groups in total. The van der Waals surface area contributed by atoms with Crippen LogP contribution in [0, 0.1) is 5.41 Å². The Labute approximate surface area is 207 Å². The zero-order chi connectivity index (χ0) is 25.9. The van der Waals surface area contributed by atoms with E-state index in [1.54, 1.807) is 12.1 Å². The van der Waals surface area contributed by atoms with Crippen molar-refractivity contribution in [2.75, 3.05) is 32.1 Å². The summed E-state index contributed by atoms with van der Waals surface area (Å²) in [6.45, 7) is 4.13. The number of anilines is 1. The Morgan fingerprint density at radius 1 is 1.08 bits per heavy atom. The number of rotatable bonds is 3. The fraction of sp³-hybridized carbons (Fsp3) is 0.360. The van der Waals surface area contributed by atoms with Crippen LogP contribution in [0.4, 0.5) is 15.3 Å². The molecule has 5 rings (SSSR count). The molecule has 4 heterocycles. The van der Waals surface area contributed by atoms with E-state index in [-0.39, 0.29) is 24.6 Å². The summed E-state index contributed by atoms with van der Waals surface area (Å²) in [6.07, 6.45) is 4.28. The first-order valence-corrected chi connectivity index (χ1v) is 11.6. The Morgan fingerprint density at radius 2 is 1.78 bits per heavy atom. The van der Waals surface area contributed by atoms with Gasteiger partial charge in [-0.2, -0.15) is 0 Å². The van der Waals surface area contributed by atoms with Crippen LogP contribution in [-0.2, 0) is 25.6 Å². The van der Waals surface area contributed by atoms with Gasteiger partial charge in [-0.25, -0.2) is 9.59 Å². The zero-order valence-electron chi connectivity index (χ0n) is 19.9. The fourth-order valence-electron chi connectivity index (χ4n) is 5.78. The van der Waals surface area contributed by atoms with Crippen molar-refractivity contribution >= 4 is 47.5 Å². The first kappa shape index (κ1) is 23.5. The summed E-state index contributed by atoms with van der Waals surface area (Å²) in [4.78, 5) is 81.6. The summed E-state index contributed by atoms with van der Waals surface area (Å²) in [5.74, 6) is -2.60. The number of nitrogens with one attached hydrogen (secondary N) is 1. The van der Waals surface area contributed by atoms with Gasteiger partial charge in [-0.1, -0.05) is 12.1 Å². The second-order valence-corrected chi connectivity index (χ2v) is 9.42. The molecule has 4 aliphatic heterocycles. The van der Waals surface area contributed by atoms with Gasteiger partial charge in [-0.05, 0) is 48.6 Å². The molecule has 11 heteroatoms. The number of fused-ring (bicyclic) bond motifs is 4. The molecule has 36 heavy (non-hydrogen) atoms. The summed E-state index contributed by atoms with van der Waals surface area (Å²) in [6, 6.07) is 3.49. The van der Waals surface area contributed by atoms with E-state index in [1.807, 2.05) is 11.0 Å². The SMILES string of the molecule is C=CCN1C(=O)NC(=O)/C(=C\c2ccc3c(c2)CC2(C(=O)N(C)C(=O)N(C)C2=O)[C@@H]2CCCN32)C1=O. The Hall–Kier alpha value is -4.28. The molecule has 1 aromatic carbocycles. The summed E-state index contributed by atoms with van der Waals surface area (Å²) >= 11 is 0. The van der Waals surface area contributed by atoms with Crippen LogP contribution in [-0.4, -0.2) is 83.6 Å². The number of amides is 8. The third-order valence-corrected chi connectivity index (χ3v) is 7.46. The molecule has 1 atom stereocenters. The fourth-order valence-corrected chi connectivity index (χ4v) is 5.78. The Kier molecular flexibility index (Phi) is 5.31. The van der Waals surface area contributed by atoms with Crippen molar-refractivity contribution in [3.8, 4) is 0 Å². The van der Waals surface area contributed by atoms with E-state index in [4.69, 9.17) is 0 Å². The van der Waals surface area contributed by atoms with Crippen molar-refractivity contribution < 1.29 is 28.8 Å². The van der Waals surface area contributed by atoms with E-state index >= 15 is 0 Å². The van der Waals surface area contributed by atoms with Crippen LogP contribution in [0.3, 0.4) is 0 Å². The van der Waals surface area contributed by atoms with E-state index in [1.165, 1.54) is 26.2 Å². The Morgan fingerprint density at radius 3 is 2.44 bits per heavy atom. The van der Waals surface area contributed by atoms with Crippen molar-refractivity contribution in [3.63, 3.8) is 0 Å². The maximum Gasteiger partial charge on any atom is 0.332 e. The quantitative estimate of drug-likeness (QED) is 0.288. The van der Waals surface area contributed by atoms with Gasteiger partial charge in [0.15, 0.2) is 5.41 Å². The van der Waals surface area contributed by atoms with E-state index < -0.39 is 41.1 Å². The molecule has 1 aromatic rings. The van der Waals surface area contributed by atoms with Crippen molar-refractivity contribution in [3.05, 3.63) is 47.6 Å². The van der Waals surface area contributed by atoms with Gasteiger partial charge in [-0.15, -0.1) is 6.58 Å². The number of imide groups is 4. The molecule has 4 aliphatic rings. The van der Waals surface area contributed by atoms with Crippen LogP contribution in [0.25, 0.3) is 6.08 Å². The molecular weight excluding hydrogens is 466 g/mol. The topological polar surface area (TPSA) is 127 Å². The van der Waals surface area contributed by atoms with Gasteiger partial charge in [0.2, 0.25) is 11.8 Å². The molecule has 1 spiro atoms. The van der Waals surface area contributed by atoms with Crippen molar-refractivity contribution in [2.24, 2.45) is 5.41 Å². The summed E-state index contributed by atoms with van der Waals surface area (Å²) in [7, 11) is 2.77. The number of hydrogen-bond acceptors (Lipinski definition) is 7. The molecule has 11 nitrogen and oxygen atoms in total. The molecular formula is C25H25N5O6. The number of urea groups is 2. The van der Waals surface area contributed by atoms with Crippen molar-refractivity contribution in [1.29, 1.82) is 0 Å². The van der Waals surface area contributed by atoms with E-state index in [0.717, 1.165) is 26.8 Å². The van der Waals surface area contributed by atoms with E-state index in [2.05, 4.69) is 11.9 Å². The van der Waals surface area contributed by atoms with E-state index in [9.17, 15) is 28.8 Å². The van der Waals surface area contributed by atoms with Gasteiger partial charge in [0.25, 0.3) is 11.8 Å². The predicted molar refractivity (Wildman–Crippen MR) is 127 cm³/mol. The van der Waals surface area contributed by atoms with Crippen LogP contribution in [0.15, 0.2) is 36.4 Å². The van der Waals surface area contributed by atoms with Gasteiger partial charge < -0.3 is 4.90 Å². The first-order chi connectivity index (χ1) is 17.1. The molecule has 0 saturated carbocycles. The highest BCUT2D eigenvalue weighted by Crippen LogP contribution is 2.49. The lowest BCUT2D eigenvalue weighted by Crippen LogP contribution is -2.70. The second-order valence-electron chi connectivity index (χ2n) is 9.42. The summed E-state index contributed by atoms with van der Waals surface area (Å²) in [5.41, 5.74) is 0.411. The van der Waals surface area contributed by atoms with Gasteiger partial charge in [-0.3, -0.25) is 39.2 Å². The molecule has 0 aromatic heterocycles. The number of nitrogens with zero attached hydrogens (tertiary/aromatic N) is 4. The van der Waals surface area contributed by atoms with Crippen LogP contribution in [0.5, 0.6) is 0 Å². The van der Waals surface area contributed by atoms with Crippen LogP contribution in [0.2, 0.25) is 0 Å². The summed E-state index contributed by atoms with van der Waals surface area (Å²) in [5, 5.41) is 2.15. The Balaban J connectivity index is 1.58. The highest BCUT2D eigenvalue weighted by atomic mass is 16.2. The Bertz CT molecular complexity index is 1280. The molecule has 0 aliphatic carbocycles. The molecule has 186 valence electrons. The minimum atomic E-state index is -1.45. The molecule has 0 bridgehead atoms.